The molecule has 1 aliphatic carbocycles. The summed E-state index contributed by atoms with van der Waals surface area (Å²) in [7, 11) is 1.67. The first kappa shape index (κ1) is 18.2. The van der Waals surface area contributed by atoms with Crippen molar-refractivity contribution in [3.63, 3.8) is 0 Å². The van der Waals surface area contributed by atoms with Crippen molar-refractivity contribution in [2.24, 2.45) is 16.6 Å². The third-order valence-corrected chi connectivity index (χ3v) is 5.00. The van der Waals surface area contributed by atoms with Gasteiger partial charge < -0.3 is 25.3 Å². The first-order valence-corrected chi connectivity index (χ1v) is 9.06. The van der Waals surface area contributed by atoms with Gasteiger partial charge in [0, 0.05) is 31.2 Å². The Morgan fingerprint density at radius 2 is 2.12 bits per heavy atom. The van der Waals surface area contributed by atoms with Gasteiger partial charge in [-0.15, -0.1) is 0 Å². The van der Waals surface area contributed by atoms with Crippen molar-refractivity contribution < 1.29 is 14.2 Å². The van der Waals surface area contributed by atoms with Gasteiger partial charge in [0.15, 0.2) is 11.7 Å². The molecule has 138 valence electrons. The van der Waals surface area contributed by atoms with Crippen molar-refractivity contribution in [3.05, 3.63) is 29.8 Å². The number of methoxy groups -OCH3 is 1. The van der Waals surface area contributed by atoms with E-state index in [4.69, 9.17) is 19.9 Å². The van der Waals surface area contributed by atoms with E-state index in [0.29, 0.717) is 25.7 Å². The van der Waals surface area contributed by atoms with Crippen molar-refractivity contribution in [1.29, 1.82) is 0 Å². The Balaban J connectivity index is 1.52. The van der Waals surface area contributed by atoms with Gasteiger partial charge in [0.05, 0.1) is 19.8 Å². The van der Waals surface area contributed by atoms with E-state index in [2.05, 4.69) is 17.2 Å². The summed E-state index contributed by atoms with van der Waals surface area (Å²) >= 11 is 0. The van der Waals surface area contributed by atoms with Crippen LogP contribution in [0.25, 0.3) is 0 Å². The SMILES string of the molecule is COCc1ccccc1NC(N)=NCC1COC2(CCC(C)CC2)O1. The Kier molecular flexibility index (Phi) is 5.93. The highest BCUT2D eigenvalue weighted by Gasteiger charge is 2.43. The molecule has 3 N–H and O–H groups in total. The number of benzene rings is 1. The average molecular weight is 347 g/mol. The van der Waals surface area contributed by atoms with Crippen molar-refractivity contribution >= 4 is 11.6 Å². The summed E-state index contributed by atoms with van der Waals surface area (Å²) in [6.45, 7) is 3.91. The largest absolute Gasteiger partial charge is 0.380 e. The lowest BCUT2D eigenvalue weighted by Gasteiger charge is -2.34. The predicted octanol–water partition coefficient (Wildman–Crippen LogP) is 2.88. The van der Waals surface area contributed by atoms with Gasteiger partial charge in [-0.05, 0) is 24.8 Å². The number of anilines is 1. The molecular formula is C19H29N3O3. The number of hydrogen-bond acceptors (Lipinski definition) is 4. The van der Waals surface area contributed by atoms with Crippen LogP contribution in [0, 0.1) is 5.92 Å². The summed E-state index contributed by atoms with van der Waals surface area (Å²) in [5.41, 5.74) is 7.99. The minimum absolute atomic E-state index is 0.0250. The predicted molar refractivity (Wildman–Crippen MR) is 98.5 cm³/mol. The van der Waals surface area contributed by atoms with Gasteiger partial charge >= 0.3 is 0 Å². The standard InChI is InChI=1S/C19H29N3O3/c1-14-7-9-19(10-8-14)24-13-16(25-19)11-21-18(20)22-17-6-4-3-5-15(17)12-23-2/h3-6,14,16H,7-13H2,1-2H3,(H3,20,21,22). The second-order valence-corrected chi connectivity index (χ2v) is 7.09. The third-order valence-electron chi connectivity index (χ3n) is 5.00. The lowest BCUT2D eigenvalue weighted by Crippen LogP contribution is -2.35. The summed E-state index contributed by atoms with van der Waals surface area (Å²) in [5, 5.41) is 3.15. The number of nitrogens with one attached hydrogen (secondary N) is 1. The van der Waals surface area contributed by atoms with Gasteiger partial charge in [0.1, 0.15) is 6.10 Å². The number of rotatable bonds is 5. The zero-order valence-electron chi connectivity index (χ0n) is 15.2. The van der Waals surface area contributed by atoms with Gasteiger partial charge in [-0.3, -0.25) is 4.99 Å². The first-order chi connectivity index (χ1) is 12.1. The molecule has 3 rings (SSSR count). The smallest absolute Gasteiger partial charge is 0.193 e. The second-order valence-electron chi connectivity index (χ2n) is 7.09. The molecule has 1 atom stereocenters. The number of nitrogens with two attached hydrogens (primary N) is 1. The minimum atomic E-state index is -0.375. The number of aliphatic imine (C=N–C) groups is 1. The Bertz CT molecular complexity index is 597. The van der Waals surface area contributed by atoms with Crippen LogP contribution in [0.15, 0.2) is 29.3 Å². The molecule has 1 heterocycles. The number of nitrogens with zero attached hydrogens (tertiary/aromatic N) is 1. The molecule has 1 aliphatic heterocycles. The van der Waals surface area contributed by atoms with E-state index < -0.39 is 0 Å². The minimum Gasteiger partial charge on any atom is -0.380 e. The fourth-order valence-electron chi connectivity index (χ4n) is 3.47. The highest BCUT2D eigenvalue weighted by atomic mass is 16.7. The Morgan fingerprint density at radius 3 is 2.88 bits per heavy atom. The molecule has 0 amide bonds. The zero-order chi connectivity index (χ0) is 17.7. The van der Waals surface area contributed by atoms with Crippen LogP contribution in [-0.4, -0.2) is 38.1 Å². The van der Waals surface area contributed by atoms with E-state index in [1.54, 1.807) is 7.11 Å². The number of hydrogen-bond donors (Lipinski definition) is 2. The summed E-state index contributed by atoms with van der Waals surface area (Å²) in [6.07, 6.45) is 4.26. The molecule has 6 nitrogen and oxygen atoms in total. The van der Waals surface area contributed by atoms with E-state index >= 15 is 0 Å². The van der Waals surface area contributed by atoms with Crippen molar-refractivity contribution in [3.8, 4) is 0 Å². The van der Waals surface area contributed by atoms with Crippen LogP contribution in [0.2, 0.25) is 0 Å². The topological polar surface area (TPSA) is 78.1 Å². The lowest BCUT2D eigenvalue weighted by atomic mass is 9.86. The van der Waals surface area contributed by atoms with Crippen LogP contribution >= 0.6 is 0 Å². The van der Waals surface area contributed by atoms with E-state index in [9.17, 15) is 0 Å². The van der Waals surface area contributed by atoms with E-state index in [0.717, 1.165) is 42.9 Å². The fourth-order valence-corrected chi connectivity index (χ4v) is 3.47. The molecule has 0 aromatic heterocycles. The van der Waals surface area contributed by atoms with Crippen LogP contribution in [0.5, 0.6) is 0 Å². The van der Waals surface area contributed by atoms with Crippen LogP contribution in [0.4, 0.5) is 5.69 Å². The Labute approximate surface area is 149 Å². The van der Waals surface area contributed by atoms with Crippen molar-refractivity contribution in [1.82, 2.24) is 0 Å². The maximum absolute atomic E-state index is 6.17. The molecule has 25 heavy (non-hydrogen) atoms. The summed E-state index contributed by atoms with van der Waals surface area (Å²) in [4.78, 5) is 4.43. The highest BCUT2D eigenvalue weighted by molar-refractivity contribution is 5.92. The third kappa shape index (κ3) is 4.71. The summed E-state index contributed by atoms with van der Waals surface area (Å²) < 4.78 is 17.3. The van der Waals surface area contributed by atoms with E-state index in [1.807, 2.05) is 24.3 Å². The number of guanidine groups is 1. The van der Waals surface area contributed by atoms with E-state index in [-0.39, 0.29) is 11.9 Å². The van der Waals surface area contributed by atoms with Gasteiger partial charge in [-0.2, -0.15) is 0 Å². The summed E-state index contributed by atoms with van der Waals surface area (Å²) in [5.74, 6) is 0.771. The Morgan fingerprint density at radius 1 is 1.36 bits per heavy atom. The van der Waals surface area contributed by atoms with Crippen molar-refractivity contribution in [2.75, 3.05) is 25.6 Å². The summed E-state index contributed by atoms with van der Waals surface area (Å²) in [6, 6.07) is 7.89. The van der Waals surface area contributed by atoms with Crippen LogP contribution in [0.1, 0.15) is 38.2 Å². The molecule has 0 radical (unpaired) electrons. The van der Waals surface area contributed by atoms with Crippen LogP contribution in [0.3, 0.4) is 0 Å². The van der Waals surface area contributed by atoms with Crippen LogP contribution in [-0.2, 0) is 20.8 Å². The zero-order valence-corrected chi connectivity index (χ0v) is 15.2. The fraction of sp³-hybridized carbons (Fsp3) is 0.632. The quantitative estimate of drug-likeness (QED) is 0.632. The van der Waals surface area contributed by atoms with Gasteiger partial charge in [-0.25, -0.2) is 0 Å². The van der Waals surface area contributed by atoms with Gasteiger partial charge in [0.2, 0.25) is 0 Å². The molecule has 1 aromatic rings. The highest BCUT2D eigenvalue weighted by Crippen LogP contribution is 2.39. The second kappa shape index (κ2) is 8.17. The molecule has 1 saturated carbocycles. The molecular weight excluding hydrogens is 318 g/mol. The maximum Gasteiger partial charge on any atom is 0.193 e. The molecule has 0 bridgehead atoms. The average Bonchev–Trinajstić information content (AvgIpc) is 3.01. The van der Waals surface area contributed by atoms with Crippen molar-refractivity contribution in [2.45, 2.75) is 51.1 Å². The van der Waals surface area contributed by atoms with Crippen LogP contribution < -0.4 is 11.1 Å². The molecule has 2 fully saturated rings. The Hall–Kier alpha value is -1.63. The first-order valence-electron chi connectivity index (χ1n) is 9.06. The maximum atomic E-state index is 6.17. The molecule has 1 spiro atoms. The monoisotopic (exact) mass is 347 g/mol. The number of para-hydroxylation sites is 1. The molecule has 1 unspecified atom stereocenters. The lowest BCUT2D eigenvalue weighted by molar-refractivity contribution is -0.190. The van der Waals surface area contributed by atoms with Gasteiger partial charge in [0.25, 0.3) is 0 Å². The molecule has 1 saturated heterocycles. The van der Waals surface area contributed by atoms with Gasteiger partial charge in [-0.1, -0.05) is 25.1 Å². The molecule has 1 aromatic carbocycles. The molecule has 2 aliphatic rings. The number of ether oxygens (including phenoxy) is 3. The molecule has 6 heteroatoms. The normalized spacial score (nSPS) is 29.9. The van der Waals surface area contributed by atoms with E-state index in [1.165, 1.54) is 0 Å².